The molecule has 66 valence electrons. The quantitative estimate of drug-likeness (QED) is 0.661. The van der Waals surface area contributed by atoms with Gasteiger partial charge in [0.25, 0.3) is 0 Å². The van der Waals surface area contributed by atoms with Gasteiger partial charge in [0.1, 0.15) is 0 Å². The molecule has 0 N–H and O–H groups in total. The van der Waals surface area contributed by atoms with E-state index in [9.17, 15) is 0 Å². The van der Waals surface area contributed by atoms with E-state index in [0.717, 1.165) is 11.3 Å². The minimum atomic E-state index is 1.16. The van der Waals surface area contributed by atoms with Crippen molar-refractivity contribution in [3.8, 4) is 0 Å². The summed E-state index contributed by atoms with van der Waals surface area (Å²) in [6.45, 7) is 2.19. The summed E-state index contributed by atoms with van der Waals surface area (Å²) >= 11 is 1.40. The first-order valence-corrected chi connectivity index (χ1v) is 4.90. The van der Waals surface area contributed by atoms with E-state index < -0.39 is 0 Å². The van der Waals surface area contributed by atoms with Crippen LogP contribution in [0.5, 0.6) is 0 Å². The maximum Gasteiger partial charge on any atom is 0.0508 e. The molecule has 1 rings (SSSR count). The third-order valence-electron chi connectivity index (χ3n) is 1.64. The van der Waals surface area contributed by atoms with E-state index in [2.05, 4.69) is 31.2 Å². The van der Waals surface area contributed by atoms with Crippen molar-refractivity contribution in [2.24, 2.45) is 0 Å². The Kier molecular flexibility index (Phi) is 4.19. The monoisotopic (exact) mass is 182 g/mol. The van der Waals surface area contributed by atoms with Crippen molar-refractivity contribution in [2.75, 3.05) is 7.11 Å². The zero-order valence-electron chi connectivity index (χ0n) is 7.54. The first kappa shape index (κ1) is 9.62. The summed E-state index contributed by atoms with van der Waals surface area (Å²) in [5, 5.41) is 0. The van der Waals surface area contributed by atoms with Crippen molar-refractivity contribution in [1.82, 2.24) is 0 Å². The van der Waals surface area contributed by atoms with Crippen LogP contribution in [0.4, 0.5) is 0 Å². The molecular weight excluding hydrogens is 168 g/mol. The Balaban J connectivity index is 2.58. The standard InChI is InChI=1S/C10H14OS/c1-3-4-9-5-7-10(8-6-9)12-11-2/h5-8H,3-4H2,1-2H3. The fourth-order valence-corrected chi connectivity index (χ4v) is 1.54. The fourth-order valence-electron chi connectivity index (χ4n) is 1.10. The molecule has 0 bridgehead atoms. The molecule has 0 unspecified atom stereocenters. The van der Waals surface area contributed by atoms with Crippen LogP contribution >= 0.6 is 12.0 Å². The van der Waals surface area contributed by atoms with Crippen LogP contribution in [0.1, 0.15) is 18.9 Å². The van der Waals surface area contributed by atoms with Crippen molar-refractivity contribution in [1.29, 1.82) is 0 Å². The van der Waals surface area contributed by atoms with E-state index in [1.54, 1.807) is 7.11 Å². The predicted octanol–water partition coefficient (Wildman–Crippen LogP) is 3.29. The van der Waals surface area contributed by atoms with E-state index in [1.807, 2.05) is 0 Å². The Morgan fingerprint density at radius 3 is 2.42 bits per heavy atom. The molecule has 0 aliphatic carbocycles. The van der Waals surface area contributed by atoms with Crippen LogP contribution in [-0.4, -0.2) is 7.11 Å². The minimum Gasteiger partial charge on any atom is -0.314 e. The second-order valence-electron chi connectivity index (χ2n) is 2.64. The lowest BCUT2D eigenvalue weighted by atomic mass is 10.1. The van der Waals surface area contributed by atoms with Gasteiger partial charge in [-0.1, -0.05) is 25.5 Å². The number of hydrogen-bond donors (Lipinski definition) is 0. The molecule has 0 aliphatic rings. The molecule has 0 spiro atoms. The lowest BCUT2D eigenvalue weighted by Crippen LogP contribution is -1.81. The van der Waals surface area contributed by atoms with Gasteiger partial charge in [0.15, 0.2) is 0 Å². The Hall–Kier alpha value is -0.470. The third-order valence-corrected chi connectivity index (χ3v) is 2.27. The molecule has 1 aromatic carbocycles. The van der Waals surface area contributed by atoms with Gasteiger partial charge in [-0.15, -0.1) is 0 Å². The van der Waals surface area contributed by atoms with Gasteiger partial charge < -0.3 is 4.18 Å². The molecule has 12 heavy (non-hydrogen) atoms. The highest BCUT2D eigenvalue weighted by Crippen LogP contribution is 2.18. The molecule has 0 aliphatic heterocycles. The maximum atomic E-state index is 4.94. The summed E-state index contributed by atoms with van der Waals surface area (Å²) in [6, 6.07) is 8.51. The second-order valence-corrected chi connectivity index (χ2v) is 3.62. The van der Waals surface area contributed by atoms with Crippen LogP contribution in [0.25, 0.3) is 0 Å². The van der Waals surface area contributed by atoms with E-state index in [4.69, 9.17) is 4.18 Å². The number of benzene rings is 1. The van der Waals surface area contributed by atoms with Gasteiger partial charge >= 0.3 is 0 Å². The minimum absolute atomic E-state index is 1.16. The van der Waals surface area contributed by atoms with Gasteiger partial charge in [-0.05, 0) is 24.1 Å². The van der Waals surface area contributed by atoms with Crippen molar-refractivity contribution in [3.05, 3.63) is 29.8 Å². The molecule has 0 saturated heterocycles. The van der Waals surface area contributed by atoms with Gasteiger partial charge in [-0.2, -0.15) is 0 Å². The Morgan fingerprint density at radius 2 is 1.92 bits per heavy atom. The van der Waals surface area contributed by atoms with Crippen LogP contribution in [0.3, 0.4) is 0 Å². The average Bonchev–Trinajstić information content (AvgIpc) is 2.09. The molecule has 0 amide bonds. The maximum absolute atomic E-state index is 4.94. The van der Waals surface area contributed by atoms with Crippen molar-refractivity contribution in [2.45, 2.75) is 24.7 Å². The summed E-state index contributed by atoms with van der Waals surface area (Å²) in [5.41, 5.74) is 1.40. The predicted molar refractivity (Wildman–Crippen MR) is 53.3 cm³/mol. The highest BCUT2D eigenvalue weighted by atomic mass is 32.2. The second kappa shape index (κ2) is 5.22. The first-order chi connectivity index (χ1) is 5.86. The highest BCUT2D eigenvalue weighted by molar-refractivity contribution is 7.94. The smallest absolute Gasteiger partial charge is 0.0508 e. The van der Waals surface area contributed by atoms with E-state index >= 15 is 0 Å². The summed E-state index contributed by atoms with van der Waals surface area (Å²) in [7, 11) is 1.69. The summed E-state index contributed by atoms with van der Waals surface area (Å²) in [4.78, 5) is 1.16. The summed E-state index contributed by atoms with van der Waals surface area (Å²) in [6.07, 6.45) is 2.37. The highest BCUT2D eigenvalue weighted by Gasteiger charge is 1.93. The van der Waals surface area contributed by atoms with Crippen molar-refractivity contribution >= 4 is 12.0 Å². The third kappa shape index (κ3) is 2.88. The van der Waals surface area contributed by atoms with Crippen molar-refractivity contribution in [3.63, 3.8) is 0 Å². The number of rotatable bonds is 4. The summed E-state index contributed by atoms with van der Waals surface area (Å²) in [5.74, 6) is 0. The largest absolute Gasteiger partial charge is 0.314 e. The van der Waals surface area contributed by atoms with E-state index in [1.165, 1.54) is 24.0 Å². The van der Waals surface area contributed by atoms with Crippen LogP contribution in [0.15, 0.2) is 29.2 Å². The zero-order valence-corrected chi connectivity index (χ0v) is 8.36. The average molecular weight is 182 g/mol. The number of hydrogen-bond acceptors (Lipinski definition) is 2. The zero-order chi connectivity index (χ0) is 8.81. The lowest BCUT2D eigenvalue weighted by Gasteiger charge is -2.00. The summed E-state index contributed by atoms with van der Waals surface area (Å²) < 4.78 is 4.94. The lowest BCUT2D eigenvalue weighted by molar-refractivity contribution is 0.490. The molecule has 1 nitrogen and oxygen atoms in total. The molecule has 0 radical (unpaired) electrons. The Bertz CT molecular complexity index is 193. The van der Waals surface area contributed by atoms with Gasteiger partial charge in [-0.3, -0.25) is 0 Å². The van der Waals surface area contributed by atoms with Crippen LogP contribution in [0, 0.1) is 0 Å². The molecule has 0 aromatic heterocycles. The van der Waals surface area contributed by atoms with Crippen LogP contribution in [0.2, 0.25) is 0 Å². The Morgan fingerprint density at radius 1 is 1.25 bits per heavy atom. The first-order valence-electron chi connectivity index (χ1n) is 4.16. The molecule has 0 heterocycles. The molecule has 0 fully saturated rings. The van der Waals surface area contributed by atoms with Crippen LogP contribution in [-0.2, 0) is 10.6 Å². The Labute approximate surface area is 78.3 Å². The van der Waals surface area contributed by atoms with E-state index in [-0.39, 0.29) is 0 Å². The van der Waals surface area contributed by atoms with Crippen molar-refractivity contribution < 1.29 is 4.18 Å². The topological polar surface area (TPSA) is 9.23 Å². The molecular formula is C10H14OS. The van der Waals surface area contributed by atoms with Gasteiger partial charge in [0.05, 0.1) is 7.11 Å². The van der Waals surface area contributed by atoms with Gasteiger partial charge in [0.2, 0.25) is 0 Å². The SMILES string of the molecule is CCCc1ccc(SOC)cc1. The van der Waals surface area contributed by atoms with Gasteiger partial charge in [-0.25, -0.2) is 0 Å². The number of aryl methyl sites for hydroxylation is 1. The molecule has 0 atom stereocenters. The van der Waals surface area contributed by atoms with Crippen LogP contribution < -0.4 is 0 Å². The molecule has 2 heteroatoms. The molecule has 1 aromatic rings. The van der Waals surface area contributed by atoms with E-state index in [0.29, 0.717) is 0 Å². The fraction of sp³-hybridized carbons (Fsp3) is 0.400. The normalized spacial score (nSPS) is 10.2. The van der Waals surface area contributed by atoms with Gasteiger partial charge in [0, 0.05) is 16.9 Å². The molecule has 0 saturated carbocycles.